The summed E-state index contributed by atoms with van der Waals surface area (Å²) in [6.07, 6.45) is 0. The van der Waals surface area contributed by atoms with Crippen molar-refractivity contribution in [3.63, 3.8) is 0 Å². The molecule has 6 nitrogen and oxygen atoms in total. The Hall–Kier alpha value is -2.12. The van der Waals surface area contributed by atoms with E-state index in [1.165, 1.54) is 6.07 Å². The molecule has 0 N–H and O–H groups in total. The van der Waals surface area contributed by atoms with Crippen LogP contribution in [-0.2, 0) is 0 Å². The number of hydrogen-bond donors (Lipinski definition) is 0. The average Bonchev–Trinajstić information content (AvgIpc) is 2.61. The molecule has 1 aliphatic rings. The number of rotatable bonds is 3. The molecule has 0 atom stereocenters. The lowest BCUT2D eigenvalue weighted by atomic mass is 10.1. The highest BCUT2D eigenvalue weighted by atomic mass is 79.9. The minimum Gasteiger partial charge on any atom is -0.361 e. The van der Waals surface area contributed by atoms with Gasteiger partial charge in [0.2, 0.25) is 0 Å². The highest BCUT2D eigenvalue weighted by molar-refractivity contribution is 9.10. The molecule has 0 unspecified atom stereocenters. The molecule has 2 aromatic carbocycles. The predicted molar refractivity (Wildman–Crippen MR) is 100 cm³/mol. The van der Waals surface area contributed by atoms with Crippen molar-refractivity contribution >= 4 is 44.8 Å². The van der Waals surface area contributed by atoms with Gasteiger partial charge in [0.1, 0.15) is 5.69 Å². The van der Waals surface area contributed by atoms with Crippen molar-refractivity contribution in [3.05, 3.63) is 67.6 Å². The summed E-state index contributed by atoms with van der Waals surface area (Å²) < 4.78 is 0.754. The minimum atomic E-state index is -0.431. The van der Waals surface area contributed by atoms with Crippen molar-refractivity contribution in [2.45, 2.75) is 0 Å². The molecule has 1 fully saturated rings. The maximum atomic E-state index is 12.6. The van der Waals surface area contributed by atoms with E-state index in [9.17, 15) is 14.9 Å². The fraction of sp³-hybridized carbons (Fsp3) is 0.235. The largest absolute Gasteiger partial charge is 0.361 e. The van der Waals surface area contributed by atoms with Crippen LogP contribution in [0.15, 0.2) is 46.9 Å². The summed E-state index contributed by atoms with van der Waals surface area (Å²) in [5.74, 6) is -0.0548. The number of amides is 1. The average molecular weight is 425 g/mol. The number of anilines is 1. The SMILES string of the molecule is O=C(c1ccccc1Br)N1CCN(c2c(Cl)cccc2[N+](=O)[O-])CC1. The Kier molecular flexibility index (Phi) is 5.24. The van der Waals surface area contributed by atoms with E-state index >= 15 is 0 Å². The summed E-state index contributed by atoms with van der Waals surface area (Å²) >= 11 is 9.59. The summed E-state index contributed by atoms with van der Waals surface area (Å²) in [6, 6.07) is 11.9. The van der Waals surface area contributed by atoms with E-state index in [4.69, 9.17) is 11.6 Å². The number of nitrogens with zero attached hydrogens (tertiary/aromatic N) is 3. The first-order valence-electron chi connectivity index (χ1n) is 7.70. The second-order valence-corrected chi connectivity index (χ2v) is 6.89. The molecule has 1 amide bonds. The van der Waals surface area contributed by atoms with Crippen molar-refractivity contribution < 1.29 is 9.72 Å². The van der Waals surface area contributed by atoms with Gasteiger partial charge in [0, 0.05) is 36.7 Å². The Morgan fingerprint density at radius 2 is 1.76 bits per heavy atom. The third-order valence-electron chi connectivity index (χ3n) is 4.15. The minimum absolute atomic E-state index is 0.0157. The molecular formula is C17H15BrClN3O3. The Labute approximate surface area is 158 Å². The van der Waals surface area contributed by atoms with Gasteiger partial charge >= 0.3 is 0 Å². The van der Waals surface area contributed by atoms with Crippen LogP contribution in [0.1, 0.15) is 10.4 Å². The van der Waals surface area contributed by atoms with Crippen LogP contribution in [0.2, 0.25) is 5.02 Å². The topological polar surface area (TPSA) is 66.7 Å². The van der Waals surface area contributed by atoms with Crippen LogP contribution >= 0.6 is 27.5 Å². The molecule has 0 aliphatic carbocycles. The standard InChI is InChI=1S/C17H15BrClN3O3/c18-13-5-2-1-4-12(13)17(23)21-10-8-20(9-11-21)16-14(19)6-3-7-15(16)22(24)25/h1-7H,8-11H2. The second-order valence-electron chi connectivity index (χ2n) is 5.62. The van der Waals surface area contributed by atoms with E-state index in [2.05, 4.69) is 15.9 Å². The molecule has 0 aromatic heterocycles. The number of benzene rings is 2. The zero-order valence-corrected chi connectivity index (χ0v) is 15.5. The van der Waals surface area contributed by atoms with E-state index in [0.717, 1.165) is 4.47 Å². The van der Waals surface area contributed by atoms with E-state index in [1.807, 2.05) is 23.1 Å². The van der Waals surface area contributed by atoms with Gasteiger partial charge in [0.25, 0.3) is 11.6 Å². The maximum Gasteiger partial charge on any atom is 0.294 e. The van der Waals surface area contributed by atoms with Crippen molar-refractivity contribution in [1.82, 2.24) is 4.90 Å². The molecule has 1 aliphatic heterocycles. The lowest BCUT2D eigenvalue weighted by Crippen LogP contribution is -2.49. The van der Waals surface area contributed by atoms with Gasteiger partial charge in [-0.15, -0.1) is 0 Å². The molecule has 3 rings (SSSR count). The van der Waals surface area contributed by atoms with Gasteiger partial charge in [-0.25, -0.2) is 0 Å². The van der Waals surface area contributed by atoms with Crippen molar-refractivity contribution in [1.29, 1.82) is 0 Å². The summed E-state index contributed by atoms with van der Waals surface area (Å²) in [7, 11) is 0. The molecular weight excluding hydrogens is 410 g/mol. The van der Waals surface area contributed by atoms with Gasteiger partial charge < -0.3 is 9.80 Å². The monoisotopic (exact) mass is 423 g/mol. The highest BCUT2D eigenvalue weighted by Gasteiger charge is 2.28. The van der Waals surface area contributed by atoms with E-state index in [0.29, 0.717) is 42.5 Å². The third-order valence-corrected chi connectivity index (χ3v) is 5.15. The number of carbonyl (C=O) groups excluding carboxylic acids is 1. The van der Waals surface area contributed by atoms with E-state index in [-0.39, 0.29) is 11.6 Å². The molecule has 0 bridgehead atoms. The Balaban J connectivity index is 1.76. The van der Waals surface area contributed by atoms with Crippen LogP contribution in [0.4, 0.5) is 11.4 Å². The van der Waals surface area contributed by atoms with Crippen LogP contribution in [0, 0.1) is 10.1 Å². The predicted octanol–water partition coefficient (Wildman–Crippen LogP) is 3.97. The normalized spacial score (nSPS) is 14.5. The third kappa shape index (κ3) is 3.62. The molecule has 0 saturated carbocycles. The van der Waals surface area contributed by atoms with Crippen molar-refractivity contribution in [2.24, 2.45) is 0 Å². The first-order valence-corrected chi connectivity index (χ1v) is 8.88. The van der Waals surface area contributed by atoms with Gasteiger partial charge in [-0.3, -0.25) is 14.9 Å². The van der Waals surface area contributed by atoms with Crippen LogP contribution in [-0.4, -0.2) is 41.9 Å². The molecule has 1 saturated heterocycles. The molecule has 0 spiro atoms. The Morgan fingerprint density at radius 3 is 2.40 bits per heavy atom. The van der Waals surface area contributed by atoms with E-state index in [1.54, 1.807) is 23.1 Å². The number of nitro groups is 1. The van der Waals surface area contributed by atoms with Crippen LogP contribution in [0.25, 0.3) is 0 Å². The Morgan fingerprint density at radius 1 is 1.08 bits per heavy atom. The quantitative estimate of drug-likeness (QED) is 0.552. The number of piperazine rings is 1. The lowest BCUT2D eigenvalue weighted by Gasteiger charge is -2.36. The summed E-state index contributed by atoms with van der Waals surface area (Å²) in [5, 5.41) is 11.6. The smallest absolute Gasteiger partial charge is 0.294 e. The Bertz CT molecular complexity index is 823. The number of para-hydroxylation sites is 1. The van der Waals surface area contributed by atoms with Gasteiger partial charge in [0.15, 0.2) is 0 Å². The first kappa shape index (κ1) is 17.7. The number of hydrogen-bond acceptors (Lipinski definition) is 4. The van der Waals surface area contributed by atoms with Crippen molar-refractivity contribution in [2.75, 3.05) is 31.1 Å². The molecule has 1 heterocycles. The van der Waals surface area contributed by atoms with Gasteiger partial charge in [-0.2, -0.15) is 0 Å². The fourth-order valence-corrected chi connectivity index (χ4v) is 3.65. The lowest BCUT2D eigenvalue weighted by molar-refractivity contribution is -0.384. The highest BCUT2D eigenvalue weighted by Crippen LogP contribution is 2.36. The van der Waals surface area contributed by atoms with E-state index < -0.39 is 4.92 Å². The molecule has 8 heteroatoms. The first-order chi connectivity index (χ1) is 12.0. The fourth-order valence-electron chi connectivity index (χ4n) is 2.90. The second kappa shape index (κ2) is 7.41. The maximum absolute atomic E-state index is 12.6. The van der Waals surface area contributed by atoms with Crippen LogP contribution in [0.3, 0.4) is 0 Å². The number of carbonyl (C=O) groups is 1. The summed E-state index contributed by atoms with van der Waals surface area (Å²) in [6.45, 7) is 1.92. The van der Waals surface area contributed by atoms with Crippen LogP contribution in [0.5, 0.6) is 0 Å². The van der Waals surface area contributed by atoms with Gasteiger partial charge in [0.05, 0.1) is 15.5 Å². The number of nitro benzene ring substituents is 1. The molecule has 0 radical (unpaired) electrons. The van der Waals surface area contributed by atoms with Crippen LogP contribution < -0.4 is 4.90 Å². The zero-order valence-electron chi connectivity index (χ0n) is 13.2. The van der Waals surface area contributed by atoms with Gasteiger partial charge in [-0.05, 0) is 34.1 Å². The van der Waals surface area contributed by atoms with Crippen molar-refractivity contribution in [3.8, 4) is 0 Å². The summed E-state index contributed by atoms with van der Waals surface area (Å²) in [4.78, 5) is 27.1. The zero-order chi connectivity index (χ0) is 18.0. The summed E-state index contributed by atoms with van der Waals surface area (Å²) in [5.41, 5.74) is 1.01. The molecule has 2 aromatic rings. The molecule has 25 heavy (non-hydrogen) atoms. The number of halogens is 2. The van der Waals surface area contributed by atoms with Gasteiger partial charge in [-0.1, -0.05) is 29.8 Å². The molecule has 130 valence electrons.